The van der Waals surface area contributed by atoms with E-state index in [9.17, 15) is 4.79 Å². The van der Waals surface area contributed by atoms with E-state index in [0.29, 0.717) is 34.0 Å². The molecule has 0 aliphatic carbocycles. The molecule has 0 atom stereocenters. The number of benzene rings is 1. The normalized spacial score (nSPS) is 10.7. The topological polar surface area (TPSA) is 66.9 Å². The number of nitrogens with zero attached hydrogens (tertiary/aromatic N) is 2. The number of hydrogen-bond acceptors (Lipinski definition) is 4. The highest BCUT2D eigenvalue weighted by molar-refractivity contribution is 6.39. The number of carbonyl (C=O) groups is 1. The van der Waals surface area contributed by atoms with E-state index in [2.05, 4.69) is 34.4 Å². The van der Waals surface area contributed by atoms with Gasteiger partial charge in [-0.1, -0.05) is 43.1 Å². The van der Waals surface area contributed by atoms with Gasteiger partial charge in [0.1, 0.15) is 11.5 Å². The summed E-state index contributed by atoms with van der Waals surface area (Å²) in [6.07, 6.45) is 3.80. The minimum atomic E-state index is -0.236. The number of para-hydroxylation sites is 1. The monoisotopic (exact) mass is 352 g/mol. The zero-order chi connectivity index (χ0) is 16.8. The van der Waals surface area contributed by atoms with Crippen LogP contribution >= 0.6 is 23.2 Å². The largest absolute Gasteiger partial charge is 0.351 e. The van der Waals surface area contributed by atoms with Crippen molar-refractivity contribution in [3.63, 3.8) is 0 Å². The molecular formula is C16H18Cl2N4O. The molecule has 1 heterocycles. The summed E-state index contributed by atoms with van der Waals surface area (Å²) >= 11 is 12.2. The van der Waals surface area contributed by atoms with Crippen molar-refractivity contribution in [1.29, 1.82) is 0 Å². The fourth-order valence-corrected chi connectivity index (χ4v) is 2.31. The molecule has 5 nitrogen and oxygen atoms in total. The predicted molar refractivity (Wildman–Crippen MR) is 93.6 cm³/mol. The van der Waals surface area contributed by atoms with Gasteiger partial charge in [0.25, 0.3) is 5.91 Å². The first-order valence-corrected chi connectivity index (χ1v) is 8.04. The van der Waals surface area contributed by atoms with Crippen LogP contribution in [0, 0.1) is 5.92 Å². The Morgan fingerprint density at radius 2 is 1.87 bits per heavy atom. The third kappa shape index (κ3) is 5.08. The number of rotatable bonds is 6. The Hall–Kier alpha value is -1.85. The van der Waals surface area contributed by atoms with Gasteiger partial charge >= 0.3 is 0 Å². The van der Waals surface area contributed by atoms with Crippen LogP contribution in [0.15, 0.2) is 30.6 Å². The predicted octanol–water partition coefficient (Wildman–Crippen LogP) is 4.30. The average molecular weight is 353 g/mol. The van der Waals surface area contributed by atoms with Crippen LogP contribution in [-0.4, -0.2) is 22.4 Å². The number of amides is 1. The molecule has 1 amide bonds. The summed E-state index contributed by atoms with van der Waals surface area (Å²) in [6, 6.07) is 5.20. The molecule has 2 N–H and O–H groups in total. The van der Waals surface area contributed by atoms with Crippen molar-refractivity contribution in [3.8, 4) is 0 Å². The minimum Gasteiger partial charge on any atom is -0.351 e. The van der Waals surface area contributed by atoms with Gasteiger partial charge in [-0.2, -0.15) is 0 Å². The first-order valence-electron chi connectivity index (χ1n) is 7.28. The Labute approximate surface area is 145 Å². The molecule has 0 radical (unpaired) electrons. The van der Waals surface area contributed by atoms with Crippen molar-refractivity contribution in [2.75, 3.05) is 11.9 Å². The molecule has 7 heteroatoms. The maximum absolute atomic E-state index is 11.9. The fourth-order valence-electron chi connectivity index (χ4n) is 1.82. The molecule has 1 aromatic heterocycles. The lowest BCUT2D eigenvalue weighted by Crippen LogP contribution is -2.26. The molecule has 0 aliphatic rings. The van der Waals surface area contributed by atoms with Gasteiger partial charge in [0.05, 0.1) is 28.1 Å². The van der Waals surface area contributed by atoms with Gasteiger partial charge in [-0.15, -0.1) is 0 Å². The molecule has 0 unspecified atom stereocenters. The van der Waals surface area contributed by atoms with E-state index < -0.39 is 0 Å². The minimum absolute atomic E-state index is 0.236. The van der Waals surface area contributed by atoms with Crippen LogP contribution in [0.5, 0.6) is 0 Å². The molecule has 2 aromatic rings. The quantitative estimate of drug-likeness (QED) is 0.812. The summed E-state index contributed by atoms with van der Waals surface area (Å²) in [5, 5.41) is 6.77. The van der Waals surface area contributed by atoms with Crippen LogP contribution in [0.4, 0.5) is 11.5 Å². The van der Waals surface area contributed by atoms with E-state index in [0.717, 1.165) is 6.42 Å². The van der Waals surface area contributed by atoms with Crippen LogP contribution in [0.25, 0.3) is 0 Å². The fraction of sp³-hybridized carbons (Fsp3) is 0.312. The first kappa shape index (κ1) is 17.5. The molecule has 122 valence electrons. The lowest BCUT2D eigenvalue weighted by Gasteiger charge is -2.10. The maximum atomic E-state index is 11.9. The second-order valence-corrected chi connectivity index (χ2v) is 6.26. The summed E-state index contributed by atoms with van der Waals surface area (Å²) in [5.74, 6) is 0.757. The van der Waals surface area contributed by atoms with Crippen LogP contribution in [0.1, 0.15) is 30.8 Å². The van der Waals surface area contributed by atoms with Crippen LogP contribution < -0.4 is 10.6 Å². The highest BCUT2D eigenvalue weighted by Gasteiger charge is 2.10. The van der Waals surface area contributed by atoms with E-state index in [-0.39, 0.29) is 11.6 Å². The lowest BCUT2D eigenvalue weighted by molar-refractivity contribution is 0.0946. The molecule has 0 spiro atoms. The first-order chi connectivity index (χ1) is 11.0. The SMILES string of the molecule is CC(C)CCNC(=O)c1cnc(Nc2c(Cl)cccc2Cl)cn1. The van der Waals surface area contributed by atoms with Gasteiger partial charge in [-0.25, -0.2) is 9.97 Å². The zero-order valence-electron chi connectivity index (χ0n) is 12.9. The van der Waals surface area contributed by atoms with Crippen LogP contribution in [0.2, 0.25) is 10.0 Å². The molecule has 0 bridgehead atoms. The van der Waals surface area contributed by atoms with E-state index in [1.807, 2.05) is 0 Å². The summed E-state index contributed by atoms with van der Waals surface area (Å²) in [6.45, 7) is 4.83. The summed E-state index contributed by atoms with van der Waals surface area (Å²) in [5.41, 5.74) is 0.823. The Morgan fingerprint density at radius 1 is 1.17 bits per heavy atom. The number of halogens is 2. The Kier molecular flexibility index (Phi) is 6.19. The molecule has 0 aliphatic heterocycles. The molecule has 0 fully saturated rings. The van der Waals surface area contributed by atoms with E-state index in [4.69, 9.17) is 23.2 Å². The van der Waals surface area contributed by atoms with Crippen molar-refractivity contribution >= 4 is 40.6 Å². The molecule has 1 aromatic carbocycles. The van der Waals surface area contributed by atoms with Gasteiger partial charge in [-0.05, 0) is 24.5 Å². The van der Waals surface area contributed by atoms with E-state index in [1.165, 1.54) is 12.4 Å². The molecular weight excluding hydrogens is 335 g/mol. The zero-order valence-corrected chi connectivity index (χ0v) is 14.4. The number of nitrogens with one attached hydrogen (secondary N) is 2. The van der Waals surface area contributed by atoms with Crippen molar-refractivity contribution in [2.24, 2.45) is 5.92 Å². The number of hydrogen-bond donors (Lipinski definition) is 2. The standard InChI is InChI=1S/C16H18Cl2N4O/c1-10(2)6-7-19-16(23)13-8-21-14(9-20-13)22-15-11(17)4-3-5-12(15)18/h3-5,8-10H,6-7H2,1-2H3,(H,19,23)(H,21,22). The van der Waals surface area contributed by atoms with Crippen LogP contribution in [0.3, 0.4) is 0 Å². The molecule has 23 heavy (non-hydrogen) atoms. The maximum Gasteiger partial charge on any atom is 0.271 e. The highest BCUT2D eigenvalue weighted by atomic mass is 35.5. The van der Waals surface area contributed by atoms with Gasteiger partial charge in [0.2, 0.25) is 0 Å². The smallest absolute Gasteiger partial charge is 0.271 e. The Bertz CT molecular complexity index is 654. The molecule has 0 saturated heterocycles. The highest BCUT2D eigenvalue weighted by Crippen LogP contribution is 2.31. The van der Waals surface area contributed by atoms with E-state index in [1.54, 1.807) is 18.2 Å². The second kappa shape index (κ2) is 8.13. The van der Waals surface area contributed by atoms with E-state index >= 15 is 0 Å². The molecule has 0 saturated carbocycles. The summed E-state index contributed by atoms with van der Waals surface area (Å²) in [4.78, 5) is 20.2. The van der Waals surface area contributed by atoms with Crippen molar-refractivity contribution in [3.05, 3.63) is 46.3 Å². The lowest BCUT2D eigenvalue weighted by atomic mass is 10.1. The number of aromatic nitrogens is 2. The van der Waals surface area contributed by atoms with Crippen molar-refractivity contribution in [1.82, 2.24) is 15.3 Å². The second-order valence-electron chi connectivity index (χ2n) is 5.45. The summed E-state index contributed by atoms with van der Waals surface area (Å²) in [7, 11) is 0. The van der Waals surface area contributed by atoms with Gasteiger partial charge in [0, 0.05) is 6.54 Å². The van der Waals surface area contributed by atoms with Gasteiger partial charge in [0.15, 0.2) is 0 Å². The molecule has 2 rings (SSSR count). The van der Waals surface area contributed by atoms with Crippen molar-refractivity contribution in [2.45, 2.75) is 20.3 Å². The Morgan fingerprint density at radius 3 is 2.43 bits per heavy atom. The third-order valence-corrected chi connectivity index (χ3v) is 3.74. The summed E-state index contributed by atoms with van der Waals surface area (Å²) < 4.78 is 0. The van der Waals surface area contributed by atoms with Gasteiger partial charge in [-0.3, -0.25) is 4.79 Å². The number of anilines is 2. The van der Waals surface area contributed by atoms with Crippen molar-refractivity contribution < 1.29 is 4.79 Å². The van der Waals surface area contributed by atoms with Gasteiger partial charge < -0.3 is 10.6 Å². The number of carbonyl (C=O) groups excluding carboxylic acids is 1. The average Bonchev–Trinajstić information content (AvgIpc) is 2.51. The third-order valence-electron chi connectivity index (χ3n) is 3.11. The Balaban J connectivity index is 2.01. The van der Waals surface area contributed by atoms with Crippen LogP contribution in [-0.2, 0) is 0 Å².